The predicted molar refractivity (Wildman–Crippen MR) is 112 cm³/mol. The van der Waals surface area contributed by atoms with E-state index < -0.39 is 5.60 Å². The Labute approximate surface area is 170 Å². The van der Waals surface area contributed by atoms with Crippen LogP contribution in [0.1, 0.15) is 32.6 Å². The molecule has 7 heteroatoms. The van der Waals surface area contributed by atoms with Crippen LogP contribution < -0.4 is 10.2 Å². The Balaban J connectivity index is 1.53. The molecule has 28 heavy (non-hydrogen) atoms. The third kappa shape index (κ3) is 4.57. The molecule has 0 amide bonds. The fourth-order valence-corrected chi connectivity index (χ4v) is 4.07. The number of aliphatic hydroxyl groups is 1. The van der Waals surface area contributed by atoms with Crippen LogP contribution in [0.25, 0.3) is 11.3 Å². The molecule has 6 nitrogen and oxygen atoms in total. The average Bonchev–Trinajstić information content (AvgIpc) is 2.71. The molecule has 2 aromatic heterocycles. The van der Waals surface area contributed by atoms with Gasteiger partial charge >= 0.3 is 0 Å². The van der Waals surface area contributed by atoms with Crippen LogP contribution in [-0.2, 0) is 4.74 Å². The Morgan fingerprint density at radius 2 is 1.93 bits per heavy atom. The summed E-state index contributed by atoms with van der Waals surface area (Å²) < 4.78 is 5.42. The maximum absolute atomic E-state index is 10.2. The molecule has 1 saturated carbocycles. The number of aromatic nitrogens is 2. The third-order valence-electron chi connectivity index (χ3n) is 5.69. The lowest BCUT2D eigenvalue weighted by Crippen LogP contribution is -2.36. The van der Waals surface area contributed by atoms with Crippen molar-refractivity contribution in [2.24, 2.45) is 0 Å². The molecule has 2 fully saturated rings. The number of morpholine rings is 1. The highest BCUT2D eigenvalue weighted by Gasteiger charge is 2.29. The summed E-state index contributed by atoms with van der Waals surface area (Å²) in [5.74, 6) is 0. The molecule has 1 aliphatic carbocycles. The smallest absolute Gasteiger partial charge is 0.131 e. The summed E-state index contributed by atoms with van der Waals surface area (Å²) >= 11 is 6.16. The number of ether oxygens (including phenoxy) is 1. The van der Waals surface area contributed by atoms with Crippen molar-refractivity contribution in [3.63, 3.8) is 0 Å². The van der Waals surface area contributed by atoms with Gasteiger partial charge in [-0.2, -0.15) is 0 Å². The molecule has 0 aromatic carbocycles. The molecular formula is C21H27ClN4O2. The van der Waals surface area contributed by atoms with Crippen molar-refractivity contribution in [3.05, 3.63) is 35.7 Å². The lowest BCUT2D eigenvalue weighted by molar-refractivity contribution is 0.0196. The second-order valence-electron chi connectivity index (χ2n) is 7.97. The lowest BCUT2D eigenvalue weighted by Gasteiger charge is -2.34. The second-order valence-corrected chi connectivity index (χ2v) is 8.36. The number of halogens is 1. The van der Waals surface area contributed by atoms with Gasteiger partial charge in [-0.25, -0.2) is 4.98 Å². The minimum atomic E-state index is -0.548. The van der Waals surface area contributed by atoms with Crippen LogP contribution in [-0.4, -0.2) is 53.0 Å². The van der Waals surface area contributed by atoms with E-state index in [-0.39, 0.29) is 0 Å². The Kier molecular flexibility index (Phi) is 5.71. The zero-order valence-corrected chi connectivity index (χ0v) is 17.0. The molecule has 150 valence electrons. The van der Waals surface area contributed by atoms with Gasteiger partial charge < -0.3 is 20.1 Å². The highest BCUT2D eigenvalue weighted by atomic mass is 35.5. The number of hydrogen-bond donors (Lipinski definition) is 2. The van der Waals surface area contributed by atoms with Crippen LogP contribution in [0.3, 0.4) is 0 Å². The first-order chi connectivity index (χ1) is 13.5. The Hall–Kier alpha value is -1.89. The molecule has 1 saturated heterocycles. The molecule has 0 bridgehead atoms. The summed E-state index contributed by atoms with van der Waals surface area (Å²) in [6.07, 6.45) is 7.14. The number of nitrogens with one attached hydrogen (secondary N) is 1. The van der Waals surface area contributed by atoms with Gasteiger partial charge in [-0.1, -0.05) is 11.6 Å². The molecule has 0 unspecified atom stereocenters. The van der Waals surface area contributed by atoms with E-state index in [0.29, 0.717) is 11.2 Å². The molecule has 0 spiro atoms. The first kappa shape index (κ1) is 19.4. The maximum atomic E-state index is 10.2. The zero-order valence-electron chi connectivity index (χ0n) is 16.2. The summed E-state index contributed by atoms with van der Waals surface area (Å²) in [4.78, 5) is 11.2. The summed E-state index contributed by atoms with van der Waals surface area (Å²) in [5.41, 5.74) is 3.31. The van der Waals surface area contributed by atoms with Crippen LogP contribution in [0.2, 0.25) is 5.15 Å². The monoisotopic (exact) mass is 402 g/mol. The topological polar surface area (TPSA) is 70.5 Å². The summed E-state index contributed by atoms with van der Waals surface area (Å²) in [6, 6.07) is 6.31. The summed E-state index contributed by atoms with van der Waals surface area (Å²) in [7, 11) is 0. The number of nitrogens with zero attached hydrogens (tertiary/aromatic N) is 3. The van der Waals surface area contributed by atoms with Crippen molar-refractivity contribution >= 4 is 23.0 Å². The van der Waals surface area contributed by atoms with Crippen molar-refractivity contribution in [1.29, 1.82) is 0 Å². The lowest BCUT2D eigenvalue weighted by atomic mass is 9.83. The van der Waals surface area contributed by atoms with Crippen LogP contribution in [0.4, 0.5) is 11.4 Å². The molecule has 0 atom stereocenters. The summed E-state index contributed by atoms with van der Waals surface area (Å²) in [6.45, 7) is 5.21. The summed E-state index contributed by atoms with van der Waals surface area (Å²) in [5, 5.41) is 14.2. The third-order valence-corrected chi connectivity index (χ3v) is 5.90. The van der Waals surface area contributed by atoms with Crippen molar-refractivity contribution in [3.8, 4) is 11.3 Å². The average molecular weight is 403 g/mol. The number of hydrogen-bond acceptors (Lipinski definition) is 6. The van der Waals surface area contributed by atoms with Gasteiger partial charge in [0.15, 0.2) is 0 Å². The van der Waals surface area contributed by atoms with E-state index in [0.717, 1.165) is 74.6 Å². The number of rotatable bonds is 4. The Morgan fingerprint density at radius 3 is 2.61 bits per heavy atom. The van der Waals surface area contributed by atoms with Gasteiger partial charge in [0.1, 0.15) is 5.15 Å². The quantitative estimate of drug-likeness (QED) is 0.759. The van der Waals surface area contributed by atoms with Crippen LogP contribution in [0, 0.1) is 0 Å². The van der Waals surface area contributed by atoms with Gasteiger partial charge in [0, 0.05) is 36.6 Å². The van der Waals surface area contributed by atoms with Gasteiger partial charge in [0.05, 0.1) is 36.4 Å². The van der Waals surface area contributed by atoms with E-state index in [4.69, 9.17) is 16.3 Å². The van der Waals surface area contributed by atoms with E-state index >= 15 is 0 Å². The van der Waals surface area contributed by atoms with Crippen LogP contribution >= 0.6 is 11.6 Å². The molecular weight excluding hydrogens is 376 g/mol. The highest BCUT2D eigenvalue weighted by Crippen LogP contribution is 2.34. The zero-order chi connectivity index (χ0) is 19.6. The van der Waals surface area contributed by atoms with Crippen molar-refractivity contribution < 1.29 is 9.84 Å². The molecule has 1 aliphatic heterocycles. The minimum absolute atomic E-state index is 0.310. The van der Waals surface area contributed by atoms with Crippen molar-refractivity contribution in [1.82, 2.24) is 9.97 Å². The highest BCUT2D eigenvalue weighted by molar-refractivity contribution is 6.29. The van der Waals surface area contributed by atoms with E-state index in [1.165, 1.54) is 0 Å². The first-order valence-electron chi connectivity index (χ1n) is 9.94. The van der Waals surface area contributed by atoms with Gasteiger partial charge in [-0.3, -0.25) is 4.98 Å². The Bertz CT molecular complexity index is 797. The Morgan fingerprint density at radius 1 is 1.18 bits per heavy atom. The molecule has 4 rings (SSSR count). The van der Waals surface area contributed by atoms with E-state index in [2.05, 4.69) is 26.3 Å². The largest absolute Gasteiger partial charge is 0.390 e. The predicted octanol–water partition coefficient (Wildman–Crippen LogP) is 3.74. The van der Waals surface area contributed by atoms with Crippen molar-refractivity contribution in [2.75, 3.05) is 36.5 Å². The molecule has 2 aromatic rings. The standard InChI is InChI=1S/C21H27ClN4O2/c1-21(27)6-4-15(5-7-21)25-19-12-20(22)24-14-17(19)18-3-2-16(13-23-18)26-8-10-28-11-9-26/h2-3,12-15,27H,4-11H2,1H3,(H,24,25). The fraction of sp³-hybridized carbons (Fsp3) is 0.524. The number of pyridine rings is 2. The van der Waals surface area contributed by atoms with E-state index in [9.17, 15) is 5.11 Å². The van der Waals surface area contributed by atoms with Gasteiger partial charge in [0.2, 0.25) is 0 Å². The van der Waals surface area contributed by atoms with E-state index in [1.54, 1.807) is 6.20 Å². The van der Waals surface area contributed by atoms with Gasteiger partial charge in [-0.15, -0.1) is 0 Å². The molecule has 2 aliphatic rings. The van der Waals surface area contributed by atoms with Crippen LogP contribution in [0.5, 0.6) is 0 Å². The van der Waals surface area contributed by atoms with Gasteiger partial charge in [-0.05, 0) is 50.8 Å². The van der Waals surface area contributed by atoms with Gasteiger partial charge in [0.25, 0.3) is 0 Å². The first-order valence-corrected chi connectivity index (χ1v) is 10.3. The fourth-order valence-electron chi connectivity index (χ4n) is 3.91. The normalized spacial score (nSPS) is 25.5. The van der Waals surface area contributed by atoms with E-state index in [1.807, 2.05) is 25.3 Å². The van der Waals surface area contributed by atoms with Crippen LogP contribution in [0.15, 0.2) is 30.6 Å². The molecule has 0 radical (unpaired) electrons. The number of anilines is 2. The maximum Gasteiger partial charge on any atom is 0.131 e. The second kappa shape index (κ2) is 8.23. The molecule has 3 heterocycles. The minimum Gasteiger partial charge on any atom is -0.390 e. The van der Waals surface area contributed by atoms with Crippen molar-refractivity contribution in [2.45, 2.75) is 44.2 Å². The molecule has 2 N–H and O–H groups in total. The SMILES string of the molecule is CC1(O)CCC(Nc2cc(Cl)ncc2-c2ccc(N3CCOCC3)cn2)CC1.